The summed E-state index contributed by atoms with van der Waals surface area (Å²) >= 11 is 0. The molecule has 0 saturated heterocycles. The number of amides is 2. The van der Waals surface area contributed by atoms with Gasteiger partial charge in [0.05, 0.1) is 0 Å². The van der Waals surface area contributed by atoms with Gasteiger partial charge in [-0.25, -0.2) is 0 Å². The molecule has 6 N–H and O–H groups in total. The molecule has 1 aromatic heterocycles. The molecule has 1 aromatic carbocycles. The Balaban J connectivity index is 2.16. The Bertz CT molecular complexity index is 605. The number of nitrogens with two attached hydrogens (primary N) is 2. The largest absolute Gasteiger partial charge is 0.382 e. The molecule has 0 fully saturated rings. The molecular weight excluding hydrogens is 234 g/mol. The number of carbonyl (C=O) groups is 2. The van der Waals surface area contributed by atoms with Crippen LogP contribution in [0.4, 0.5) is 11.5 Å². The van der Waals surface area contributed by atoms with E-state index in [1.165, 1.54) is 12.1 Å². The van der Waals surface area contributed by atoms with Gasteiger partial charge in [-0.2, -0.15) is 5.10 Å². The monoisotopic (exact) mass is 245 g/mol. The molecule has 0 saturated carbocycles. The molecule has 1 heterocycles. The molecule has 2 rings (SSSR count). The van der Waals surface area contributed by atoms with Crippen LogP contribution in [0.1, 0.15) is 20.8 Å². The Morgan fingerprint density at radius 2 is 2.06 bits per heavy atom. The van der Waals surface area contributed by atoms with Gasteiger partial charge in [-0.3, -0.25) is 14.7 Å². The molecule has 0 spiro atoms. The van der Waals surface area contributed by atoms with E-state index in [2.05, 4.69) is 15.5 Å². The van der Waals surface area contributed by atoms with Gasteiger partial charge in [0.1, 0.15) is 11.5 Å². The fourth-order valence-electron chi connectivity index (χ4n) is 1.40. The lowest BCUT2D eigenvalue weighted by Crippen LogP contribution is -2.14. The van der Waals surface area contributed by atoms with E-state index < -0.39 is 11.8 Å². The topological polar surface area (TPSA) is 127 Å². The average molecular weight is 245 g/mol. The number of carbonyl (C=O) groups excluding carboxylic acids is 2. The molecule has 92 valence electrons. The molecule has 2 aromatic rings. The number of primary amides is 1. The molecule has 7 heteroatoms. The van der Waals surface area contributed by atoms with Crippen LogP contribution in [0.3, 0.4) is 0 Å². The van der Waals surface area contributed by atoms with Crippen LogP contribution < -0.4 is 16.8 Å². The third-order valence-electron chi connectivity index (χ3n) is 2.25. The first kappa shape index (κ1) is 11.6. The minimum absolute atomic E-state index is 0.228. The van der Waals surface area contributed by atoms with Gasteiger partial charge < -0.3 is 16.8 Å². The molecule has 0 aliphatic carbocycles. The third kappa shape index (κ3) is 2.46. The fraction of sp³-hybridized carbons (Fsp3) is 0. The number of hydrogen-bond donors (Lipinski definition) is 4. The minimum Gasteiger partial charge on any atom is -0.382 e. The van der Waals surface area contributed by atoms with Gasteiger partial charge in [-0.1, -0.05) is 6.07 Å². The smallest absolute Gasteiger partial charge is 0.273 e. The molecule has 7 nitrogen and oxygen atoms in total. The van der Waals surface area contributed by atoms with Gasteiger partial charge >= 0.3 is 0 Å². The molecule has 0 unspecified atom stereocenters. The normalized spacial score (nSPS) is 10.0. The van der Waals surface area contributed by atoms with Crippen LogP contribution in [0.25, 0.3) is 0 Å². The lowest BCUT2D eigenvalue weighted by molar-refractivity contribution is 0.0995. The average Bonchev–Trinajstić information content (AvgIpc) is 2.76. The Morgan fingerprint density at radius 3 is 2.67 bits per heavy atom. The number of anilines is 2. The summed E-state index contributed by atoms with van der Waals surface area (Å²) in [7, 11) is 0. The summed E-state index contributed by atoms with van der Waals surface area (Å²) in [6.07, 6.45) is 0. The predicted octanol–water partition coefficient (Wildman–Crippen LogP) is 0.343. The lowest BCUT2D eigenvalue weighted by atomic mass is 10.2. The van der Waals surface area contributed by atoms with Crippen LogP contribution in [0.2, 0.25) is 0 Å². The van der Waals surface area contributed by atoms with Crippen LogP contribution in [0.5, 0.6) is 0 Å². The first-order chi connectivity index (χ1) is 8.56. The summed E-state index contributed by atoms with van der Waals surface area (Å²) in [5.41, 5.74) is 11.5. The number of nitrogens with one attached hydrogen (secondary N) is 2. The van der Waals surface area contributed by atoms with Crippen LogP contribution in [-0.4, -0.2) is 22.0 Å². The maximum Gasteiger partial charge on any atom is 0.273 e. The highest BCUT2D eigenvalue weighted by Crippen LogP contribution is 2.12. The summed E-state index contributed by atoms with van der Waals surface area (Å²) in [6, 6.07) is 7.72. The van der Waals surface area contributed by atoms with Crippen molar-refractivity contribution in [1.29, 1.82) is 0 Å². The number of H-pyrrole nitrogens is 1. The van der Waals surface area contributed by atoms with Gasteiger partial charge in [-0.15, -0.1) is 0 Å². The number of nitrogen functional groups attached to an aromatic ring is 1. The van der Waals surface area contributed by atoms with Crippen molar-refractivity contribution < 1.29 is 9.59 Å². The third-order valence-corrected chi connectivity index (χ3v) is 2.25. The Labute approximate surface area is 102 Å². The van der Waals surface area contributed by atoms with E-state index in [9.17, 15) is 9.59 Å². The highest BCUT2D eigenvalue weighted by molar-refractivity contribution is 6.04. The second-order valence-corrected chi connectivity index (χ2v) is 3.61. The van der Waals surface area contributed by atoms with Crippen molar-refractivity contribution in [2.45, 2.75) is 0 Å². The minimum atomic E-state index is -0.558. The number of hydrogen-bond acceptors (Lipinski definition) is 4. The van der Waals surface area contributed by atoms with Gasteiger partial charge in [0.25, 0.3) is 5.91 Å². The quantitative estimate of drug-likeness (QED) is 0.621. The molecule has 0 aliphatic rings. The Morgan fingerprint density at radius 1 is 1.28 bits per heavy atom. The Hall–Kier alpha value is -2.83. The zero-order chi connectivity index (χ0) is 13.1. The highest BCUT2D eigenvalue weighted by atomic mass is 16.2. The summed E-state index contributed by atoms with van der Waals surface area (Å²) in [5, 5.41) is 8.72. The van der Waals surface area contributed by atoms with Crippen molar-refractivity contribution in [3.8, 4) is 0 Å². The van der Waals surface area contributed by atoms with Gasteiger partial charge in [0.2, 0.25) is 5.91 Å². The van der Waals surface area contributed by atoms with Gasteiger partial charge in [-0.05, 0) is 18.2 Å². The second-order valence-electron chi connectivity index (χ2n) is 3.61. The number of nitrogens with zero attached hydrogens (tertiary/aromatic N) is 1. The van der Waals surface area contributed by atoms with Gasteiger partial charge in [0.15, 0.2) is 0 Å². The fourth-order valence-corrected chi connectivity index (χ4v) is 1.40. The number of rotatable bonds is 3. The molecule has 0 aliphatic heterocycles. The summed E-state index contributed by atoms with van der Waals surface area (Å²) in [4.78, 5) is 22.7. The van der Waals surface area contributed by atoms with Crippen LogP contribution in [-0.2, 0) is 0 Å². The first-order valence-electron chi connectivity index (χ1n) is 5.08. The van der Waals surface area contributed by atoms with Crippen LogP contribution in [0.15, 0.2) is 30.3 Å². The maximum atomic E-state index is 11.8. The van der Waals surface area contributed by atoms with Crippen molar-refractivity contribution in [2.75, 3.05) is 11.1 Å². The first-order valence-corrected chi connectivity index (χ1v) is 5.08. The maximum absolute atomic E-state index is 11.8. The zero-order valence-electron chi connectivity index (χ0n) is 9.31. The number of aromatic nitrogens is 2. The lowest BCUT2D eigenvalue weighted by Gasteiger charge is -2.04. The van der Waals surface area contributed by atoms with E-state index >= 15 is 0 Å². The molecule has 2 amide bonds. The number of aromatic amines is 1. The van der Waals surface area contributed by atoms with E-state index in [1.54, 1.807) is 18.2 Å². The van der Waals surface area contributed by atoms with Crippen LogP contribution >= 0.6 is 0 Å². The van der Waals surface area contributed by atoms with E-state index in [1.807, 2.05) is 0 Å². The summed E-state index contributed by atoms with van der Waals surface area (Å²) in [5.74, 6) is -0.733. The molecule has 0 bridgehead atoms. The molecule has 18 heavy (non-hydrogen) atoms. The Kier molecular flexibility index (Phi) is 2.96. The number of benzene rings is 1. The van der Waals surface area contributed by atoms with Crippen molar-refractivity contribution in [3.63, 3.8) is 0 Å². The van der Waals surface area contributed by atoms with Crippen molar-refractivity contribution >= 4 is 23.3 Å². The van der Waals surface area contributed by atoms with E-state index in [0.29, 0.717) is 11.3 Å². The van der Waals surface area contributed by atoms with E-state index in [0.717, 1.165) is 0 Å². The summed E-state index contributed by atoms with van der Waals surface area (Å²) < 4.78 is 0. The summed E-state index contributed by atoms with van der Waals surface area (Å²) in [6.45, 7) is 0. The van der Waals surface area contributed by atoms with E-state index in [4.69, 9.17) is 11.5 Å². The second kappa shape index (κ2) is 4.58. The molecule has 0 radical (unpaired) electrons. The van der Waals surface area contributed by atoms with Crippen LogP contribution in [0, 0.1) is 0 Å². The van der Waals surface area contributed by atoms with Crippen molar-refractivity contribution in [2.24, 2.45) is 5.73 Å². The zero-order valence-corrected chi connectivity index (χ0v) is 9.31. The standard InChI is InChI=1S/C11H11N5O2/c12-9-5-8(15-16-9)11(18)14-7-3-1-2-6(4-7)10(13)17/h1-5H,(H2,13,17)(H,14,18)(H3,12,15,16). The van der Waals surface area contributed by atoms with Crippen molar-refractivity contribution in [1.82, 2.24) is 10.2 Å². The highest BCUT2D eigenvalue weighted by Gasteiger charge is 2.09. The van der Waals surface area contributed by atoms with Crippen molar-refractivity contribution in [3.05, 3.63) is 41.6 Å². The molecule has 0 atom stereocenters. The SMILES string of the molecule is NC(=O)c1cccc(NC(=O)c2cc(N)n[nH]2)c1. The molecular formula is C11H11N5O2. The van der Waals surface area contributed by atoms with Gasteiger partial charge in [0, 0.05) is 17.3 Å². The van der Waals surface area contributed by atoms with E-state index in [-0.39, 0.29) is 11.5 Å². The predicted molar refractivity (Wildman–Crippen MR) is 65.9 cm³/mol.